The average Bonchev–Trinajstić information content (AvgIpc) is 3.19. The van der Waals surface area contributed by atoms with Crippen molar-refractivity contribution in [3.05, 3.63) is 29.8 Å². The molecule has 1 amide bonds. The molecule has 6 heteroatoms. The van der Waals surface area contributed by atoms with Gasteiger partial charge in [-0.25, -0.2) is 0 Å². The maximum Gasteiger partial charge on any atom is 0.387 e. The Bertz CT molecular complexity index is 452. The number of amides is 1. The number of hydrogen-bond acceptors (Lipinski definition) is 2. The molecule has 0 heterocycles. The van der Waals surface area contributed by atoms with E-state index in [0.717, 1.165) is 12.8 Å². The number of hydrogen-bond donors (Lipinski definition) is 1. The molecule has 1 aromatic rings. The van der Waals surface area contributed by atoms with Crippen molar-refractivity contribution < 1.29 is 18.3 Å². The summed E-state index contributed by atoms with van der Waals surface area (Å²) in [6, 6.07) is 5.98. The molecule has 3 nitrogen and oxygen atoms in total. The molecule has 104 valence electrons. The number of benzene rings is 1. The molecule has 1 aliphatic carbocycles. The number of halogens is 3. The number of nitrogens with one attached hydrogen (secondary N) is 1. The highest BCUT2D eigenvalue weighted by atomic mass is 79.9. The molecule has 1 aromatic carbocycles. The third-order valence-electron chi connectivity index (χ3n) is 2.94. The monoisotopic (exact) mass is 333 g/mol. The van der Waals surface area contributed by atoms with Crippen LogP contribution in [0.3, 0.4) is 0 Å². The van der Waals surface area contributed by atoms with Crippen LogP contribution in [0.25, 0.3) is 0 Å². The van der Waals surface area contributed by atoms with Crippen molar-refractivity contribution >= 4 is 21.8 Å². The summed E-state index contributed by atoms with van der Waals surface area (Å²) >= 11 is 3.50. The van der Waals surface area contributed by atoms with Gasteiger partial charge in [0.2, 0.25) is 0 Å². The van der Waals surface area contributed by atoms with Gasteiger partial charge in [0.05, 0.1) is 5.56 Å². The lowest BCUT2D eigenvalue weighted by Crippen LogP contribution is -2.30. The molecule has 0 saturated heterocycles. The second-order valence-corrected chi connectivity index (χ2v) is 5.61. The summed E-state index contributed by atoms with van der Waals surface area (Å²) in [6.45, 7) is -2.46. The van der Waals surface area contributed by atoms with Crippen LogP contribution in [0.1, 0.15) is 23.2 Å². The maximum absolute atomic E-state index is 12.2. The van der Waals surface area contributed by atoms with Gasteiger partial charge in [-0.15, -0.1) is 0 Å². The summed E-state index contributed by atoms with van der Waals surface area (Å²) in [5, 5.41) is 2.72. The van der Waals surface area contributed by atoms with E-state index in [1.807, 2.05) is 0 Å². The van der Waals surface area contributed by atoms with E-state index >= 15 is 0 Å². The van der Waals surface area contributed by atoms with E-state index in [-0.39, 0.29) is 16.1 Å². The Balaban J connectivity index is 1.97. The van der Waals surface area contributed by atoms with Gasteiger partial charge in [0.25, 0.3) is 5.91 Å². The van der Waals surface area contributed by atoms with Crippen molar-refractivity contribution in [3.8, 4) is 5.75 Å². The minimum atomic E-state index is -2.94. The Labute approximate surface area is 118 Å². The van der Waals surface area contributed by atoms with E-state index in [9.17, 15) is 13.6 Å². The fourth-order valence-corrected chi connectivity index (χ4v) is 2.45. The van der Waals surface area contributed by atoms with E-state index in [1.54, 1.807) is 12.1 Å². The molecule has 1 aliphatic rings. The van der Waals surface area contributed by atoms with Gasteiger partial charge in [-0.2, -0.15) is 8.78 Å². The first-order valence-corrected chi connectivity index (χ1v) is 6.95. The lowest BCUT2D eigenvalue weighted by atomic mass is 10.2. The molecule has 1 fully saturated rings. The molecule has 0 aromatic heterocycles. The molecule has 0 radical (unpaired) electrons. The van der Waals surface area contributed by atoms with Crippen LogP contribution in [0.2, 0.25) is 0 Å². The fraction of sp³-hybridized carbons (Fsp3) is 0.462. The van der Waals surface area contributed by atoms with Gasteiger partial charge in [-0.1, -0.05) is 28.1 Å². The van der Waals surface area contributed by atoms with E-state index < -0.39 is 12.5 Å². The summed E-state index contributed by atoms with van der Waals surface area (Å²) in [6.07, 6.45) is 2.33. The Morgan fingerprint density at radius 2 is 2.11 bits per heavy atom. The van der Waals surface area contributed by atoms with Crippen molar-refractivity contribution in [1.82, 2.24) is 5.32 Å². The predicted octanol–water partition coefficient (Wildman–Crippen LogP) is 3.19. The molecular weight excluding hydrogens is 320 g/mol. The highest BCUT2D eigenvalue weighted by Gasteiger charge is 2.29. The molecule has 1 saturated carbocycles. The van der Waals surface area contributed by atoms with Gasteiger partial charge < -0.3 is 10.1 Å². The van der Waals surface area contributed by atoms with Crippen LogP contribution >= 0.6 is 15.9 Å². The van der Waals surface area contributed by atoms with E-state index in [1.165, 1.54) is 12.1 Å². The molecule has 2 rings (SSSR count). The smallest absolute Gasteiger partial charge is 0.387 e. The average molecular weight is 334 g/mol. The topological polar surface area (TPSA) is 38.3 Å². The standard InChI is InChI=1S/C13H14BrF2NO2/c14-10(8-5-6-8)7-17-12(18)9-3-1-2-4-11(9)19-13(15)16/h1-4,8,10,13H,5-7H2,(H,17,18). The Morgan fingerprint density at radius 3 is 2.74 bits per heavy atom. The zero-order chi connectivity index (χ0) is 13.8. The predicted molar refractivity (Wildman–Crippen MR) is 70.8 cm³/mol. The van der Waals surface area contributed by atoms with Crippen molar-refractivity contribution in [2.75, 3.05) is 6.54 Å². The van der Waals surface area contributed by atoms with Crippen LogP contribution in [0.4, 0.5) is 8.78 Å². The zero-order valence-electron chi connectivity index (χ0n) is 10.1. The van der Waals surface area contributed by atoms with Crippen molar-refractivity contribution in [2.24, 2.45) is 5.92 Å². The largest absolute Gasteiger partial charge is 0.434 e. The van der Waals surface area contributed by atoms with E-state index in [2.05, 4.69) is 26.0 Å². The second-order valence-electron chi connectivity index (χ2n) is 4.44. The molecule has 1 atom stereocenters. The normalized spacial score (nSPS) is 16.2. The number of alkyl halides is 3. The molecule has 0 bridgehead atoms. The highest BCUT2D eigenvalue weighted by Crippen LogP contribution is 2.36. The molecule has 19 heavy (non-hydrogen) atoms. The van der Waals surface area contributed by atoms with Gasteiger partial charge in [0.1, 0.15) is 5.75 Å². The molecule has 0 spiro atoms. The summed E-state index contributed by atoms with van der Waals surface area (Å²) < 4.78 is 28.8. The minimum Gasteiger partial charge on any atom is -0.434 e. The first-order chi connectivity index (χ1) is 9.08. The van der Waals surface area contributed by atoms with Gasteiger partial charge >= 0.3 is 6.61 Å². The lowest BCUT2D eigenvalue weighted by Gasteiger charge is -2.12. The molecular formula is C13H14BrF2NO2. The lowest BCUT2D eigenvalue weighted by molar-refractivity contribution is -0.0501. The third-order valence-corrected chi connectivity index (χ3v) is 4.01. The van der Waals surface area contributed by atoms with Crippen LogP contribution in [-0.4, -0.2) is 23.9 Å². The molecule has 1 N–H and O–H groups in total. The van der Waals surface area contributed by atoms with Crippen LogP contribution in [0.15, 0.2) is 24.3 Å². The summed E-state index contributed by atoms with van der Waals surface area (Å²) in [4.78, 5) is 12.2. The third kappa shape index (κ3) is 4.16. The van der Waals surface area contributed by atoms with Crippen molar-refractivity contribution in [2.45, 2.75) is 24.3 Å². The first-order valence-electron chi connectivity index (χ1n) is 6.04. The Hall–Kier alpha value is -1.17. The maximum atomic E-state index is 12.2. The van der Waals surface area contributed by atoms with E-state index in [0.29, 0.717) is 12.5 Å². The summed E-state index contributed by atoms with van der Waals surface area (Å²) in [5.41, 5.74) is 0.123. The zero-order valence-corrected chi connectivity index (χ0v) is 11.7. The van der Waals surface area contributed by atoms with E-state index in [4.69, 9.17) is 0 Å². The first kappa shape index (κ1) is 14.2. The van der Waals surface area contributed by atoms with Crippen molar-refractivity contribution in [3.63, 3.8) is 0 Å². The molecule has 1 unspecified atom stereocenters. The number of ether oxygens (including phenoxy) is 1. The quantitative estimate of drug-likeness (QED) is 0.812. The van der Waals surface area contributed by atoms with Gasteiger partial charge in [-0.3, -0.25) is 4.79 Å². The Kier molecular flexibility index (Phi) is 4.74. The number of carbonyl (C=O) groups excluding carboxylic acids is 1. The van der Waals surface area contributed by atoms with Gasteiger partial charge in [0.15, 0.2) is 0 Å². The van der Waals surface area contributed by atoms with Crippen molar-refractivity contribution in [1.29, 1.82) is 0 Å². The van der Waals surface area contributed by atoms with Crippen LogP contribution in [0, 0.1) is 5.92 Å². The fourth-order valence-electron chi connectivity index (χ4n) is 1.76. The second kappa shape index (κ2) is 6.32. The summed E-state index contributed by atoms with van der Waals surface area (Å²) in [5.74, 6) is 0.0988. The molecule has 0 aliphatic heterocycles. The minimum absolute atomic E-state index is 0.104. The number of para-hydroxylation sites is 1. The van der Waals surface area contributed by atoms with Crippen LogP contribution in [0.5, 0.6) is 5.75 Å². The van der Waals surface area contributed by atoms with Crippen LogP contribution < -0.4 is 10.1 Å². The SMILES string of the molecule is O=C(NCC(Br)C1CC1)c1ccccc1OC(F)F. The number of carbonyl (C=O) groups is 1. The number of rotatable bonds is 6. The van der Waals surface area contributed by atoms with Crippen LogP contribution in [-0.2, 0) is 0 Å². The Morgan fingerprint density at radius 1 is 1.42 bits per heavy atom. The highest BCUT2D eigenvalue weighted by molar-refractivity contribution is 9.09. The van der Waals surface area contributed by atoms with Gasteiger partial charge in [-0.05, 0) is 30.9 Å². The summed E-state index contributed by atoms with van der Waals surface area (Å²) in [7, 11) is 0. The van der Waals surface area contributed by atoms with Gasteiger partial charge in [0, 0.05) is 11.4 Å².